The number of unbranched alkanes of at least 4 members (excludes halogenated alkanes) is 10. The predicted molar refractivity (Wildman–Crippen MR) is 125 cm³/mol. The molecule has 0 heterocycles. The van der Waals surface area contributed by atoms with Gasteiger partial charge in [-0.25, -0.2) is 9.59 Å². The number of anilines is 1. The Hall–Kier alpha value is -1.95. The average molecular weight is 456 g/mol. The van der Waals surface area contributed by atoms with Gasteiger partial charge in [-0.2, -0.15) is 0 Å². The number of hydrogen-bond donors (Lipinski definition) is 2. The zero-order valence-electron chi connectivity index (χ0n) is 18.8. The quantitative estimate of drug-likeness (QED) is 0.184. The first kappa shape index (κ1) is 27.1. The standard InChI is InChI=1S/C24H38ClNO5/c1-2-3-4-5-9-12-17-30-23(27)26-21-16-15-20(22(25)19-21)14-11-8-6-7-10-13-18-31-24(28)29/h15-16,19H,2-14,17-18H2,1H3,(H,26,27)(H,28,29). The van der Waals surface area contributed by atoms with Gasteiger partial charge in [-0.05, 0) is 43.4 Å². The first-order chi connectivity index (χ1) is 15.0. The first-order valence-electron chi connectivity index (χ1n) is 11.6. The minimum Gasteiger partial charge on any atom is -0.450 e. The molecule has 0 aromatic heterocycles. The van der Waals surface area contributed by atoms with Gasteiger partial charge in [0.05, 0.1) is 13.2 Å². The van der Waals surface area contributed by atoms with Crippen LogP contribution in [0.4, 0.5) is 15.3 Å². The van der Waals surface area contributed by atoms with E-state index in [2.05, 4.69) is 17.0 Å². The lowest BCUT2D eigenvalue weighted by Crippen LogP contribution is -2.14. The summed E-state index contributed by atoms with van der Waals surface area (Å²) in [4.78, 5) is 22.1. The Balaban J connectivity index is 2.14. The summed E-state index contributed by atoms with van der Waals surface area (Å²) in [6.45, 7) is 2.91. The Kier molecular flexibility index (Phi) is 15.5. The van der Waals surface area contributed by atoms with Gasteiger partial charge >= 0.3 is 12.2 Å². The van der Waals surface area contributed by atoms with Crippen molar-refractivity contribution in [2.45, 2.75) is 90.4 Å². The largest absolute Gasteiger partial charge is 0.505 e. The van der Waals surface area contributed by atoms with Gasteiger partial charge in [-0.15, -0.1) is 0 Å². The van der Waals surface area contributed by atoms with E-state index in [-0.39, 0.29) is 6.61 Å². The topological polar surface area (TPSA) is 84.9 Å². The van der Waals surface area contributed by atoms with Gasteiger partial charge in [-0.1, -0.05) is 82.4 Å². The summed E-state index contributed by atoms with van der Waals surface area (Å²) in [7, 11) is 0. The molecule has 0 saturated carbocycles. The molecule has 1 aromatic carbocycles. The molecule has 0 fully saturated rings. The van der Waals surface area contributed by atoms with Crippen LogP contribution < -0.4 is 5.32 Å². The van der Waals surface area contributed by atoms with E-state index in [1.807, 2.05) is 12.1 Å². The van der Waals surface area contributed by atoms with Crippen LogP contribution >= 0.6 is 11.6 Å². The third-order valence-corrected chi connectivity index (χ3v) is 5.45. The number of benzene rings is 1. The molecule has 0 aliphatic heterocycles. The number of hydrogen-bond acceptors (Lipinski definition) is 4. The number of aryl methyl sites for hydroxylation is 1. The van der Waals surface area contributed by atoms with Crippen molar-refractivity contribution in [2.24, 2.45) is 0 Å². The van der Waals surface area contributed by atoms with Gasteiger partial charge in [0.1, 0.15) is 0 Å². The molecule has 0 radical (unpaired) electrons. The molecule has 0 unspecified atom stereocenters. The van der Waals surface area contributed by atoms with Crippen LogP contribution in [0.15, 0.2) is 18.2 Å². The number of carboxylic acid groups (broad SMARTS) is 1. The molecular weight excluding hydrogens is 418 g/mol. The fraction of sp³-hybridized carbons (Fsp3) is 0.667. The van der Waals surface area contributed by atoms with E-state index in [1.54, 1.807) is 6.07 Å². The molecule has 2 N–H and O–H groups in total. The molecule has 0 bridgehead atoms. The minimum atomic E-state index is -1.21. The average Bonchev–Trinajstić information content (AvgIpc) is 2.73. The van der Waals surface area contributed by atoms with Crippen LogP contribution in [0.2, 0.25) is 5.02 Å². The third kappa shape index (κ3) is 14.6. The lowest BCUT2D eigenvalue weighted by atomic mass is 10.0. The number of carbonyl (C=O) groups excluding carboxylic acids is 1. The highest BCUT2D eigenvalue weighted by Crippen LogP contribution is 2.23. The smallest absolute Gasteiger partial charge is 0.450 e. The molecule has 1 amide bonds. The Morgan fingerprint density at radius 1 is 0.871 bits per heavy atom. The molecule has 0 aliphatic carbocycles. The number of halogens is 1. The zero-order chi connectivity index (χ0) is 22.7. The molecule has 0 saturated heterocycles. The van der Waals surface area contributed by atoms with Gasteiger partial charge < -0.3 is 14.6 Å². The maximum Gasteiger partial charge on any atom is 0.505 e. The maximum absolute atomic E-state index is 11.9. The molecular formula is C24H38ClNO5. The highest BCUT2D eigenvalue weighted by atomic mass is 35.5. The fourth-order valence-corrected chi connectivity index (χ4v) is 3.59. The van der Waals surface area contributed by atoms with Crippen molar-refractivity contribution in [1.82, 2.24) is 0 Å². The molecule has 0 aliphatic rings. The van der Waals surface area contributed by atoms with E-state index in [1.165, 1.54) is 25.7 Å². The lowest BCUT2D eigenvalue weighted by molar-refractivity contribution is 0.0899. The van der Waals surface area contributed by atoms with Crippen molar-refractivity contribution in [3.8, 4) is 0 Å². The summed E-state index contributed by atoms with van der Waals surface area (Å²) in [5.41, 5.74) is 1.72. The normalized spacial score (nSPS) is 10.6. The summed E-state index contributed by atoms with van der Waals surface area (Å²) in [6, 6.07) is 5.58. The van der Waals surface area contributed by atoms with Crippen LogP contribution in [0, 0.1) is 0 Å². The van der Waals surface area contributed by atoms with Crippen LogP contribution in [-0.4, -0.2) is 30.6 Å². The molecule has 0 atom stereocenters. The second kappa shape index (κ2) is 17.7. The Bertz CT molecular complexity index is 638. The van der Waals surface area contributed by atoms with Crippen LogP contribution in [0.5, 0.6) is 0 Å². The van der Waals surface area contributed by atoms with E-state index in [0.717, 1.165) is 63.4 Å². The maximum atomic E-state index is 11.9. The van der Waals surface area contributed by atoms with Crippen molar-refractivity contribution in [1.29, 1.82) is 0 Å². The molecule has 1 aromatic rings. The van der Waals surface area contributed by atoms with Crippen LogP contribution in [-0.2, 0) is 15.9 Å². The SMILES string of the molecule is CCCCCCCCOC(=O)Nc1ccc(CCCCCCCCOC(=O)O)c(Cl)c1. The van der Waals surface area contributed by atoms with Crippen molar-refractivity contribution >= 4 is 29.5 Å². The van der Waals surface area contributed by atoms with Gasteiger partial charge in [0, 0.05) is 10.7 Å². The minimum absolute atomic E-state index is 0.276. The van der Waals surface area contributed by atoms with Crippen LogP contribution in [0.25, 0.3) is 0 Å². The molecule has 1 rings (SSSR count). The number of ether oxygens (including phenoxy) is 2. The van der Waals surface area contributed by atoms with Gasteiger partial charge in [0.15, 0.2) is 0 Å². The molecule has 176 valence electrons. The molecule has 6 nitrogen and oxygen atoms in total. The third-order valence-electron chi connectivity index (χ3n) is 5.10. The van der Waals surface area contributed by atoms with E-state index in [0.29, 0.717) is 17.3 Å². The van der Waals surface area contributed by atoms with Crippen molar-refractivity contribution in [2.75, 3.05) is 18.5 Å². The summed E-state index contributed by atoms with van der Waals surface area (Å²) in [5.74, 6) is 0. The van der Waals surface area contributed by atoms with E-state index >= 15 is 0 Å². The summed E-state index contributed by atoms with van der Waals surface area (Å²) in [5, 5.41) is 11.8. The van der Waals surface area contributed by atoms with Crippen molar-refractivity contribution in [3.63, 3.8) is 0 Å². The highest BCUT2D eigenvalue weighted by molar-refractivity contribution is 6.31. The summed E-state index contributed by atoms with van der Waals surface area (Å²) in [6.07, 6.45) is 12.2. The lowest BCUT2D eigenvalue weighted by Gasteiger charge is -2.10. The van der Waals surface area contributed by atoms with Gasteiger partial charge in [0.25, 0.3) is 0 Å². The second-order valence-corrected chi connectivity index (χ2v) is 8.23. The Labute approximate surface area is 191 Å². The Morgan fingerprint density at radius 2 is 1.45 bits per heavy atom. The number of nitrogens with one attached hydrogen (secondary N) is 1. The van der Waals surface area contributed by atoms with E-state index < -0.39 is 12.2 Å². The number of carbonyl (C=O) groups is 2. The van der Waals surface area contributed by atoms with Crippen LogP contribution in [0.3, 0.4) is 0 Å². The molecule has 0 spiro atoms. The summed E-state index contributed by atoms with van der Waals surface area (Å²) >= 11 is 6.37. The first-order valence-corrected chi connectivity index (χ1v) is 12.0. The number of rotatable bonds is 17. The van der Waals surface area contributed by atoms with Crippen LogP contribution in [0.1, 0.15) is 89.5 Å². The van der Waals surface area contributed by atoms with Gasteiger partial charge in [0.2, 0.25) is 0 Å². The zero-order valence-corrected chi connectivity index (χ0v) is 19.6. The number of amides is 1. The monoisotopic (exact) mass is 455 g/mol. The van der Waals surface area contributed by atoms with Gasteiger partial charge in [-0.3, -0.25) is 5.32 Å². The second-order valence-electron chi connectivity index (χ2n) is 7.82. The highest BCUT2D eigenvalue weighted by Gasteiger charge is 2.07. The van der Waals surface area contributed by atoms with Crippen molar-refractivity contribution in [3.05, 3.63) is 28.8 Å². The van der Waals surface area contributed by atoms with E-state index in [9.17, 15) is 9.59 Å². The van der Waals surface area contributed by atoms with E-state index in [4.69, 9.17) is 21.4 Å². The summed E-state index contributed by atoms with van der Waals surface area (Å²) < 4.78 is 9.71. The molecule has 31 heavy (non-hydrogen) atoms. The predicted octanol–water partition coefficient (Wildman–Crippen LogP) is 7.83. The van der Waals surface area contributed by atoms with Crippen molar-refractivity contribution < 1.29 is 24.2 Å². The Morgan fingerprint density at radius 3 is 2.06 bits per heavy atom. The molecule has 7 heteroatoms. The fourth-order valence-electron chi connectivity index (χ4n) is 3.31.